The Bertz CT molecular complexity index is 1310. The Morgan fingerprint density at radius 3 is 2.97 bits per heavy atom. The van der Waals surface area contributed by atoms with Crippen LogP contribution in [0.2, 0.25) is 0 Å². The van der Waals surface area contributed by atoms with Crippen LogP contribution in [0.1, 0.15) is 21.5 Å². The third-order valence-electron chi connectivity index (χ3n) is 5.15. The van der Waals surface area contributed by atoms with E-state index in [-0.39, 0.29) is 18.3 Å². The summed E-state index contributed by atoms with van der Waals surface area (Å²) in [5.41, 5.74) is 2.50. The van der Waals surface area contributed by atoms with Crippen molar-refractivity contribution in [2.45, 2.75) is 13.0 Å². The molecule has 0 saturated carbocycles. The van der Waals surface area contributed by atoms with E-state index < -0.39 is 0 Å². The van der Waals surface area contributed by atoms with Crippen LogP contribution in [0.5, 0.6) is 11.6 Å². The molecule has 32 heavy (non-hydrogen) atoms. The molecule has 0 atom stereocenters. The first-order chi connectivity index (χ1) is 15.6. The molecule has 10 nitrogen and oxygen atoms in total. The number of carbonyl (C=O) groups is 1. The van der Waals surface area contributed by atoms with E-state index in [1.54, 1.807) is 22.6 Å². The number of nitrogens with zero attached hydrogens (tertiary/aromatic N) is 5. The van der Waals surface area contributed by atoms with Crippen molar-refractivity contribution in [3.05, 3.63) is 65.5 Å². The van der Waals surface area contributed by atoms with Gasteiger partial charge in [0.05, 0.1) is 25.5 Å². The van der Waals surface area contributed by atoms with Gasteiger partial charge in [-0.3, -0.25) is 4.79 Å². The first-order valence-electron chi connectivity index (χ1n) is 9.81. The Kier molecular flexibility index (Phi) is 4.98. The lowest BCUT2D eigenvalue weighted by atomic mass is 10.0. The van der Waals surface area contributed by atoms with Gasteiger partial charge in [-0.15, -0.1) is 10.2 Å². The molecule has 162 valence electrons. The predicted molar refractivity (Wildman–Crippen MR) is 112 cm³/mol. The van der Waals surface area contributed by atoms with Gasteiger partial charge in [-0.2, -0.15) is 0 Å². The average Bonchev–Trinajstić information content (AvgIpc) is 3.49. The molecule has 0 bridgehead atoms. The van der Waals surface area contributed by atoms with Crippen LogP contribution in [-0.4, -0.2) is 44.2 Å². The number of carbonyl (C=O) groups excluding carboxylic acids is 1. The summed E-state index contributed by atoms with van der Waals surface area (Å²) in [6.45, 7) is 0.750. The summed E-state index contributed by atoms with van der Waals surface area (Å²) in [7, 11) is 1.50. The third kappa shape index (κ3) is 3.53. The highest BCUT2D eigenvalue weighted by atomic mass is 19.1. The Morgan fingerprint density at radius 1 is 1.25 bits per heavy atom. The lowest BCUT2D eigenvalue weighted by Crippen LogP contribution is -2.15. The number of pyridine rings is 1. The van der Waals surface area contributed by atoms with Crippen molar-refractivity contribution in [2.24, 2.45) is 0 Å². The highest BCUT2D eigenvalue weighted by Gasteiger charge is 2.20. The van der Waals surface area contributed by atoms with Crippen LogP contribution < -0.4 is 20.1 Å². The number of hydrogen-bond donors (Lipinski definition) is 2. The van der Waals surface area contributed by atoms with Gasteiger partial charge in [-0.1, -0.05) is 0 Å². The zero-order chi connectivity index (χ0) is 22.1. The zero-order valence-corrected chi connectivity index (χ0v) is 17.0. The Balaban J connectivity index is 1.37. The van der Waals surface area contributed by atoms with Gasteiger partial charge in [0.2, 0.25) is 11.8 Å². The van der Waals surface area contributed by atoms with Crippen LogP contribution in [0, 0.1) is 5.82 Å². The van der Waals surface area contributed by atoms with E-state index in [1.807, 2.05) is 0 Å². The number of rotatable bonds is 6. The molecule has 1 amide bonds. The van der Waals surface area contributed by atoms with E-state index >= 15 is 0 Å². The fourth-order valence-electron chi connectivity index (χ4n) is 3.54. The molecule has 0 saturated heterocycles. The van der Waals surface area contributed by atoms with Gasteiger partial charge >= 0.3 is 0 Å². The molecule has 3 aromatic heterocycles. The van der Waals surface area contributed by atoms with Crippen LogP contribution in [0.3, 0.4) is 0 Å². The lowest BCUT2D eigenvalue weighted by molar-refractivity contribution is 0.102. The zero-order valence-electron chi connectivity index (χ0n) is 17.0. The number of fused-ring (bicyclic) bond motifs is 2. The molecule has 0 aliphatic carbocycles. The molecule has 0 fully saturated rings. The van der Waals surface area contributed by atoms with E-state index in [2.05, 4.69) is 30.8 Å². The van der Waals surface area contributed by atoms with Gasteiger partial charge in [0.25, 0.3) is 5.91 Å². The fraction of sp³-hybridized carbons (Fsp3) is 0.190. The number of hydrogen-bond acceptors (Lipinski definition) is 8. The summed E-state index contributed by atoms with van der Waals surface area (Å²) in [5, 5.41) is 13.9. The molecular formula is C21H18FN7O3. The first-order valence-corrected chi connectivity index (χ1v) is 9.81. The van der Waals surface area contributed by atoms with Gasteiger partial charge < -0.3 is 20.1 Å². The van der Waals surface area contributed by atoms with Crippen LogP contribution in [0.25, 0.3) is 5.65 Å². The third-order valence-corrected chi connectivity index (χ3v) is 5.15. The van der Waals surface area contributed by atoms with Gasteiger partial charge in [0, 0.05) is 36.4 Å². The molecular weight excluding hydrogens is 417 g/mol. The Morgan fingerprint density at radius 2 is 2.16 bits per heavy atom. The van der Waals surface area contributed by atoms with Crippen molar-refractivity contribution in [2.75, 3.05) is 24.4 Å². The van der Waals surface area contributed by atoms with Crippen molar-refractivity contribution >= 4 is 23.2 Å². The Hall–Kier alpha value is -4.28. The second kappa shape index (κ2) is 8.10. The van der Waals surface area contributed by atoms with Crippen LogP contribution in [-0.2, 0) is 13.0 Å². The number of benzene rings is 1. The molecule has 4 heterocycles. The minimum absolute atomic E-state index is 0.210. The smallest absolute Gasteiger partial charge is 0.257 e. The summed E-state index contributed by atoms with van der Waals surface area (Å²) in [4.78, 5) is 21.0. The summed E-state index contributed by atoms with van der Waals surface area (Å²) in [5.74, 6) is 0.834. The van der Waals surface area contributed by atoms with Crippen molar-refractivity contribution in [1.29, 1.82) is 0 Å². The summed E-state index contributed by atoms with van der Waals surface area (Å²) >= 11 is 0. The molecule has 2 N–H and O–H groups in total. The average molecular weight is 435 g/mol. The van der Waals surface area contributed by atoms with Gasteiger partial charge in [0.15, 0.2) is 5.65 Å². The van der Waals surface area contributed by atoms with Crippen molar-refractivity contribution in [3.63, 3.8) is 0 Å². The second-order valence-corrected chi connectivity index (χ2v) is 7.02. The number of methoxy groups -OCH3 is 1. The molecule has 1 aliphatic rings. The molecule has 0 unspecified atom stereocenters. The quantitative estimate of drug-likeness (QED) is 0.475. The standard InChI is InChI=1S/C21H18FN7O3/c1-31-18-5-2-12(8-23-18)20(30)27-16-10-25-21(29-11-26-28-19(16)29)24-9-14-13-6-7-32-17(13)4-3-15(14)22/h2-5,8,10-11H,6-7,9H2,1H3,(H,24,25)(H,27,30). The fourth-order valence-corrected chi connectivity index (χ4v) is 3.54. The molecule has 1 aliphatic heterocycles. The maximum atomic E-state index is 14.4. The summed E-state index contributed by atoms with van der Waals surface area (Å²) in [6, 6.07) is 6.24. The van der Waals surface area contributed by atoms with Gasteiger partial charge in [0.1, 0.15) is 23.6 Å². The summed E-state index contributed by atoms with van der Waals surface area (Å²) < 4.78 is 26.5. The number of anilines is 2. The number of ether oxygens (including phenoxy) is 2. The molecule has 1 aromatic carbocycles. The minimum Gasteiger partial charge on any atom is -0.493 e. The van der Waals surface area contributed by atoms with Gasteiger partial charge in [-0.25, -0.2) is 18.8 Å². The molecule has 11 heteroatoms. The van der Waals surface area contributed by atoms with Crippen molar-refractivity contribution < 1.29 is 18.7 Å². The van der Waals surface area contributed by atoms with Gasteiger partial charge in [-0.05, 0) is 18.2 Å². The monoisotopic (exact) mass is 435 g/mol. The number of amides is 1. The molecule has 4 aromatic rings. The van der Waals surface area contributed by atoms with E-state index in [4.69, 9.17) is 9.47 Å². The normalized spacial score (nSPS) is 12.3. The maximum absolute atomic E-state index is 14.4. The van der Waals surface area contributed by atoms with E-state index in [0.717, 1.165) is 5.56 Å². The number of nitrogens with one attached hydrogen (secondary N) is 2. The second-order valence-electron chi connectivity index (χ2n) is 7.02. The largest absolute Gasteiger partial charge is 0.493 e. The molecule has 0 spiro atoms. The number of aromatic nitrogens is 5. The van der Waals surface area contributed by atoms with Crippen molar-refractivity contribution in [3.8, 4) is 11.6 Å². The first kappa shape index (κ1) is 19.7. The van der Waals surface area contributed by atoms with Crippen LogP contribution in [0.4, 0.5) is 16.0 Å². The van der Waals surface area contributed by atoms with E-state index in [1.165, 1.54) is 31.9 Å². The molecule has 5 rings (SSSR count). The van der Waals surface area contributed by atoms with E-state index in [9.17, 15) is 9.18 Å². The lowest BCUT2D eigenvalue weighted by Gasteiger charge is -2.13. The topological polar surface area (TPSA) is 116 Å². The summed E-state index contributed by atoms with van der Waals surface area (Å²) in [6.07, 6.45) is 5.00. The van der Waals surface area contributed by atoms with E-state index in [0.29, 0.717) is 53.1 Å². The minimum atomic E-state index is -0.380. The van der Waals surface area contributed by atoms with Crippen molar-refractivity contribution in [1.82, 2.24) is 24.6 Å². The molecule has 0 radical (unpaired) electrons. The van der Waals surface area contributed by atoms with Crippen LogP contribution in [0.15, 0.2) is 43.0 Å². The maximum Gasteiger partial charge on any atom is 0.257 e. The highest BCUT2D eigenvalue weighted by molar-refractivity contribution is 6.05. The predicted octanol–water partition coefficient (Wildman–Crippen LogP) is 2.47. The Labute approximate surface area is 181 Å². The SMILES string of the molecule is COc1ccc(C(=O)Nc2cnc(NCc3c(F)ccc4c3CCO4)n3cnnc23)cn1. The highest BCUT2D eigenvalue weighted by Crippen LogP contribution is 2.30. The number of halogens is 1. The van der Waals surface area contributed by atoms with Crippen LogP contribution >= 0.6 is 0 Å².